The van der Waals surface area contributed by atoms with E-state index in [1.54, 1.807) is 36.2 Å². The number of benzene rings is 3. The van der Waals surface area contributed by atoms with Crippen LogP contribution in [0.4, 0.5) is 5.69 Å². The number of nitrogens with one attached hydrogen (secondary N) is 2. The predicted molar refractivity (Wildman–Crippen MR) is 165 cm³/mol. The van der Waals surface area contributed by atoms with E-state index in [-0.39, 0.29) is 37.4 Å². The zero-order chi connectivity index (χ0) is 29.4. The fourth-order valence-corrected chi connectivity index (χ4v) is 5.31. The molecule has 1 aliphatic rings. The minimum Gasteiger partial charge on any atom is -0.368 e. The number of likely N-dealkylation sites (tertiary alicyclic amines) is 1. The molecular formula is C31H35Cl2N5O3. The number of anilines is 1. The monoisotopic (exact) mass is 595 g/mol. The molecule has 0 bridgehead atoms. The summed E-state index contributed by atoms with van der Waals surface area (Å²) in [5, 5.41) is 6.83. The molecular weight excluding hydrogens is 561 g/mol. The van der Waals surface area contributed by atoms with Crippen LogP contribution in [0.5, 0.6) is 0 Å². The van der Waals surface area contributed by atoms with Gasteiger partial charge in [0, 0.05) is 30.9 Å². The van der Waals surface area contributed by atoms with Gasteiger partial charge in [-0.1, -0.05) is 59.6 Å². The molecule has 8 nitrogen and oxygen atoms in total. The fraction of sp³-hybridized carbons (Fsp3) is 0.323. The number of halogens is 2. The molecule has 2 amide bonds. The fourth-order valence-electron chi connectivity index (χ4n) is 5.02. The van der Waals surface area contributed by atoms with E-state index < -0.39 is 5.91 Å². The first-order valence-electron chi connectivity index (χ1n) is 13.6. The first-order valence-corrected chi connectivity index (χ1v) is 14.4. The minimum atomic E-state index is -0.551. The van der Waals surface area contributed by atoms with E-state index in [1.807, 2.05) is 30.3 Å². The Labute approximate surface area is 250 Å². The Bertz CT molecular complexity index is 1380. The summed E-state index contributed by atoms with van der Waals surface area (Å²) >= 11 is 12.2. The Hall–Kier alpha value is -3.43. The Morgan fingerprint density at radius 1 is 0.927 bits per heavy atom. The molecule has 4 N–H and O–H groups in total. The summed E-state index contributed by atoms with van der Waals surface area (Å²) in [5.74, 6) is -0.771. The number of carbonyl (C=O) groups excluding carboxylic acids is 3. The lowest BCUT2D eigenvalue weighted by atomic mass is 9.99. The maximum Gasteiger partial charge on any atom is 0.251 e. The lowest BCUT2D eigenvalue weighted by Crippen LogP contribution is -2.42. The SMILES string of the molecule is CNC(=O)c1cccc(-c2ccc(C(CN3CCCC3)NCC(=O)CN(CC(N)=O)c3ccc(Cl)c(Cl)c3)cc2)c1. The summed E-state index contributed by atoms with van der Waals surface area (Å²) in [5.41, 5.74) is 9.67. The van der Waals surface area contributed by atoms with Gasteiger partial charge in [0.05, 0.1) is 29.7 Å². The standard InChI is InChI=1S/C31H35Cl2N5O3/c1-35-31(41)24-6-4-5-23(15-24)21-7-9-22(10-8-21)29(19-37-13-2-3-14-37)36-17-26(39)18-38(20-30(34)40)25-11-12-27(32)28(33)16-25/h4-12,15-16,29,36H,2-3,13-14,17-20H2,1H3,(H2,34,40)(H,35,41). The third-order valence-corrected chi connectivity index (χ3v) is 7.90. The number of ketones is 1. The summed E-state index contributed by atoms with van der Waals surface area (Å²) in [6.07, 6.45) is 2.33. The highest BCUT2D eigenvalue weighted by Crippen LogP contribution is 2.28. The van der Waals surface area contributed by atoms with Crippen molar-refractivity contribution in [2.24, 2.45) is 5.73 Å². The first kappa shape index (κ1) is 30.5. The van der Waals surface area contributed by atoms with Gasteiger partial charge in [0.15, 0.2) is 5.78 Å². The van der Waals surface area contributed by atoms with E-state index in [9.17, 15) is 14.4 Å². The summed E-state index contributed by atoms with van der Waals surface area (Å²) in [6.45, 7) is 2.82. The number of rotatable bonds is 13. The molecule has 4 rings (SSSR count). The molecule has 0 aromatic heterocycles. The van der Waals surface area contributed by atoms with Crippen LogP contribution in [0.3, 0.4) is 0 Å². The number of nitrogens with zero attached hydrogens (tertiary/aromatic N) is 2. The smallest absolute Gasteiger partial charge is 0.251 e. The molecule has 0 radical (unpaired) electrons. The van der Waals surface area contributed by atoms with E-state index in [0.29, 0.717) is 21.3 Å². The van der Waals surface area contributed by atoms with Gasteiger partial charge in [0.2, 0.25) is 5.91 Å². The molecule has 10 heteroatoms. The lowest BCUT2D eigenvalue weighted by molar-refractivity contribution is -0.117. The quantitative estimate of drug-likeness (QED) is 0.272. The number of carbonyl (C=O) groups is 3. The van der Waals surface area contributed by atoms with Crippen molar-refractivity contribution in [2.75, 3.05) is 51.2 Å². The van der Waals surface area contributed by atoms with Crippen molar-refractivity contribution < 1.29 is 14.4 Å². The van der Waals surface area contributed by atoms with Crippen molar-refractivity contribution >= 4 is 46.5 Å². The van der Waals surface area contributed by atoms with E-state index in [2.05, 4.69) is 27.7 Å². The molecule has 0 spiro atoms. The molecule has 0 saturated carbocycles. The Kier molecular flexibility index (Phi) is 10.8. The third-order valence-electron chi connectivity index (χ3n) is 7.17. The second-order valence-electron chi connectivity index (χ2n) is 10.2. The summed E-state index contributed by atoms with van der Waals surface area (Å²) in [4.78, 5) is 40.9. The highest BCUT2D eigenvalue weighted by atomic mass is 35.5. The summed E-state index contributed by atoms with van der Waals surface area (Å²) < 4.78 is 0. The molecule has 1 fully saturated rings. The topological polar surface area (TPSA) is 108 Å². The van der Waals surface area contributed by atoms with Crippen LogP contribution in [0, 0.1) is 0 Å². The average molecular weight is 597 g/mol. The Morgan fingerprint density at radius 2 is 1.66 bits per heavy atom. The maximum atomic E-state index is 13.1. The molecule has 3 aromatic rings. The highest BCUT2D eigenvalue weighted by molar-refractivity contribution is 6.42. The van der Waals surface area contributed by atoms with Crippen molar-refractivity contribution in [3.8, 4) is 11.1 Å². The zero-order valence-electron chi connectivity index (χ0n) is 23.0. The number of amides is 2. The molecule has 3 aromatic carbocycles. The van der Waals surface area contributed by atoms with Crippen molar-refractivity contribution in [3.05, 3.63) is 87.9 Å². The molecule has 41 heavy (non-hydrogen) atoms. The Morgan fingerprint density at radius 3 is 2.32 bits per heavy atom. The van der Waals surface area contributed by atoms with Gasteiger partial charge in [-0.25, -0.2) is 0 Å². The van der Waals surface area contributed by atoms with Crippen LogP contribution in [-0.4, -0.2) is 68.8 Å². The van der Waals surface area contributed by atoms with Crippen molar-refractivity contribution in [3.63, 3.8) is 0 Å². The second kappa shape index (κ2) is 14.5. The van der Waals surface area contributed by atoms with Crippen LogP contribution in [0.1, 0.15) is 34.8 Å². The van der Waals surface area contributed by atoms with Gasteiger partial charge in [0.25, 0.3) is 5.91 Å². The van der Waals surface area contributed by atoms with Gasteiger partial charge in [0.1, 0.15) is 0 Å². The summed E-state index contributed by atoms with van der Waals surface area (Å²) in [7, 11) is 1.62. The van der Waals surface area contributed by atoms with Gasteiger partial charge in [-0.2, -0.15) is 0 Å². The first-order chi connectivity index (χ1) is 19.7. The van der Waals surface area contributed by atoms with Crippen LogP contribution in [0.2, 0.25) is 10.0 Å². The summed E-state index contributed by atoms with van der Waals surface area (Å²) in [6, 6.07) is 20.6. The van der Waals surface area contributed by atoms with Gasteiger partial charge >= 0.3 is 0 Å². The van der Waals surface area contributed by atoms with Crippen LogP contribution < -0.4 is 21.3 Å². The second-order valence-corrected chi connectivity index (χ2v) is 11.0. The highest BCUT2D eigenvalue weighted by Gasteiger charge is 2.21. The number of primary amides is 1. The van der Waals surface area contributed by atoms with E-state index in [0.717, 1.165) is 49.2 Å². The normalized spacial score (nSPS) is 14.0. The molecule has 0 aliphatic carbocycles. The van der Waals surface area contributed by atoms with Crippen molar-refractivity contribution in [2.45, 2.75) is 18.9 Å². The number of nitrogens with two attached hydrogens (primary N) is 1. The van der Waals surface area contributed by atoms with Crippen LogP contribution in [0.15, 0.2) is 66.7 Å². The number of Topliss-reactive ketones (excluding diaryl/α,β-unsaturated/α-hetero) is 1. The number of hydrogen-bond acceptors (Lipinski definition) is 6. The van der Waals surface area contributed by atoms with E-state index >= 15 is 0 Å². The van der Waals surface area contributed by atoms with Gasteiger partial charge in [-0.05, 0) is 73.0 Å². The third kappa shape index (κ3) is 8.53. The molecule has 1 saturated heterocycles. The van der Waals surface area contributed by atoms with E-state index in [4.69, 9.17) is 28.9 Å². The van der Waals surface area contributed by atoms with Crippen LogP contribution in [0.25, 0.3) is 11.1 Å². The molecule has 1 heterocycles. The van der Waals surface area contributed by atoms with Gasteiger partial charge in [-0.3, -0.25) is 14.4 Å². The lowest BCUT2D eigenvalue weighted by Gasteiger charge is -2.26. The minimum absolute atomic E-state index is 0.00898. The van der Waals surface area contributed by atoms with Crippen molar-refractivity contribution in [1.82, 2.24) is 15.5 Å². The number of hydrogen-bond donors (Lipinski definition) is 3. The molecule has 1 unspecified atom stereocenters. The molecule has 1 atom stereocenters. The molecule has 1 aliphatic heterocycles. The van der Waals surface area contributed by atoms with Crippen LogP contribution in [-0.2, 0) is 9.59 Å². The van der Waals surface area contributed by atoms with Gasteiger partial charge in [-0.15, -0.1) is 0 Å². The maximum absolute atomic E-state index is 13.1. The average Bonchev–Trinajstić information content (AvgIpc) is 3.49. The largest absolute Gasteiger partial charge is 0.368 e. The molecule has 216 valence electrons. The Balaban J connectivity index is 1.47. The zero-order valence-corrected chi connectivity index (χ0v) is 24.5. The predicted octanol–water partition coefficient (Wildman–Crippen LogP) is 4.31. The van der Waals surface area contributed by atoms with Crippen molar-refractivity contribution in [1.29, 1.82) is 0 Å². The van der Waals surface area contributed by atoms with E-state index in [1.165, 1.54) is 0 Å². The van der Waals surface area contributed by atoms with Crippen LogP contribution >= 0.6 is 23.2 Å². The van der Waals surface area contributed by atoms with Gasteiger partial charge < -0.3 is 26.2 Å².